The van der Waals surface area contributed by atoms with Gasteiger partial charge in [0.2, 0.25) is 0 Å². The van der Waals surface area contributed by atoms with E-state index in [9.17, 15) is 0 Å². The minimum atomic E-state index is -1.35. The molecule has 102 heavy (non-hydrogen) atoms. The monoisotopic (exact) mass is 1980 g/mol. The van der Waals surface area contributed by atoms with Crippen LogP contribution in [-0.2, 0) is 31.5 Å². The molecule has 8 aromatic carbocycles. The fraction of sp³-hybridized carbons (Fsp3) is 0.394. The maximum atomic E-state index is 5.98. The summed E-state index contributed by atoms with van der Waals surface area (Å²) < 4.78 is 71.0. The summed E-state index contributed by atoms with van der Waals surface area (Å²) in [6, 6.07) is 17.1. The number of aryl methyl sites for hydroxylation is 4. The van der Waals surface area contributed by atoms with Crippen LogP contribution in [0.2, 0.25) is 38.3 Å². The van der Waals surface area contributed by atoms with E-state index in [4.69, 9.17) is 18.6 Å². The molecule has 2 fully saturated rings. The van der Waals surface area contributed by atoms with Gasteiger partial charge in [0.25, 0.3) is 0 Å². The molecule has 10 heterocycles. The zero-order valence-electron chi connectivity index (χ0n) is 59.2. The molecule has 0 bridgehead atoms. The first-order valence-corrected chi connectivity index (χ1v) is 63.3. The fourth-order valence-corrected chi connectivity index (χ4v) is 90.9. The zero-order valence-corrected chi connectivity index (χ0v) is 77.8. The van der Waals surface area contributed by atoms with Crippen LogP contribution in [0.3, 0.4) is 0 Å². The average Bonchev–Trinajstić information content (AvgIpc) is 1.51. The van der Waals surface area contributed by atoms with E-state index >= 15 is 0 Å². The van der Waals surface area contributed by atoms with Crippen LogP contribution in [0, 0.1) is 13.8 Å². The number of hydrogen-bond acceptors (Lipinski definition) is 28. The molecule has 2 aliphatic heterocycles. The number of halogens is 4. The van der Waals surface area contributed by atoms with Gasteiger partial charge >= 0.3 is 83.1 Å². The molecule has 2 saturated heterocycles. The van der Waals surface area contributed by atoms with Gasteiger partial charge in [-0.25, -0.2) is 0 Å². The summed E-state index contributed by atoms with van der Waals surface area (Å²) in [4.78, 5) is 15.3. The van der Waals surface area contributed by atoms with Gasteiger partial charge in [0.15, 0.2) is 0 Å². The average molecular weight is 1990 g/mol. The number of nitrogens with zero attached hydrogens (tertiary/aromatic N) is 16. The minimum absolute atomic E-state index is 0.278. The molecule has 0 radical (unpaired) electrons. The second-order valence-corrected chi connectivity index (χ2v) is 76.0. The summed E-state index contributed by atoms with van der Waals surface area (Å²) in [5, 5.41) is 42.9. The molecule has 20 nitrogen and oxygen atoms in total. The number of hydrogen-bond donors (Lipinski definition) is 0. The van der Waals surface area contributed by atoms with Gasteiger partial charge in [0.1, 0.15) is 44.1 Å². The van der Waals surface area contributed by atoms with Crippen LogP contribution in [0.15, 0.2) is 66.4 Å². The van der Waals surface area contributed by atoms with Gasteiger partial charge in [-0.15, -0.1) is 40.8 Å². The van der Waals surface area contributed by atoms with Crippen LogP contribution in [0.4, 0.5) is 0 Å². The van der Waals surface area contributed by atoms with Crippen LogP contribution in [-0.4, -0.2) is 150 Å². The molecule has 0 spiro atoms. The van der Waals surface area contributed by atoms with Crippen molar-refractivity contribution in [3.05, 3.63) is 88.7 Å². The Kier molecular flexibility index (Phi) is 22.7. The van der Waals surface area contributed by atoms with Crippen LogP contribution < -0.4 is 0 Å². The first-order valence-electron chi connectivity index (χ1n) is 32.8. The van der Waals surface area contributed by atoms with Gasteiger partial charge in [-0.2, -0.15) is 0 Å². The van der Waals surface area contributed by atoms with E-state index in [0.29, 0.717) is 6.22 Å². The van der Waals surface area contributed by atoms with Crippen molar-refractivity contribution in [1.29, 1.82) is 0 Å². The molecule has 36 heteroatoms. The summed E-state index contributed by atoms with van der Waals surface area (Å²) in [6.45, 7) is 24.9. The summed E-state index contributed by atoms with van der Waals surface area (Å²) in [6.07, 6.45) is 2.53. The number of aromatic nitrogens is 16. The molecule has 528 valence electrons. The second kappa shape index (κ2) is 30.0. The molecular weight excluding hydrogens is 1920 g/mol. The van der Waals surface area contributed by atoms with Crippen molar-refractivity contribution in [3.63, 3.8) is 0 Å². The maximum absolute atomic E-state index is 5.98. The van der Waals surface area contributed by atoms with Crippen LogP contribution in [0.25, 0.3) is 125 Å². The van der Waals surface area contributed by atoms with Gasteiger partial charge in [0.05, 0.1) is 60.0 Å². The first kappa shape index (κ1) is 77.0. The third-order valence-electron chi connectivity index (χ3n) is 18.5. The first-order chi connectivity index (χ1) is 48.2. The topological polar surface area (TPSA) is 243 Å². The predicted octanol–water partition coefficient (Wildman–Crippen LogP) is 22.1. The molecule has 0 unspecified atom stereocenters. The second-order valence-electron chi connectivity index (χ2n) is 29.5. The molecular formula is C66H70B2Br4N16O4S8Sn2. The van der Waals surface area contributed by atoms with E-state index in [1.165, 1.54) is 134 Å². The molecule has 0 amide bonds. The Morgan fingerprint density at radius 3 is 1.03 bits per heavy atom. The summed E-state index contributed by atoms with van der Waals surface area (Å²) in [5.41, 5.74) is 11.3. The Hall–Kier alpha value is -3.15. The molecule has 8 aromatic heterocycles. The van der Waals surface area contributed by atoms with Gasteiger partial charge in [0, 0.05) is 67.2 Å². The van der Waals surface area contributed by atoms with Crippen molar-refractivity contribution in [2.24, 2.45) is 0 Å². The van der Waals surface area contributed by atoms with Crippen LogP contribution in [0.5, 0.6) is 0 Å². The molecule has 0 N–H and O–H groups in total. The number of benzene rings is 8. The zero-order chi connectivity index (χ0) is 72.9. The van der Waals surface area contributed by atoms with Crippen molar-refractivity contribution >= 4 is 332 Å². The van der Waals surface area contributed by atoms with Gasteiger partial charge in [-0.3, -0.25) is 0 Å². The van der Waals surface area contributed by atoms with E-state index in [1.54, 1.807) is 2.45 Å². The Labute approximate surface area is 664 Å². The standard InChI is InChI=1S/C13H26B2O4.2C13H10N4S2.2C10H2Br2N4S2.6CH3.CH2.2Sn/c1-10(2)11(3,4)17-14(16-10)9-15-18-12(5,6)13(7,8)19-15;1-3-7-5-9-8(11-13(7)19-17-15-11)4-6(2)12-10(9)14-16-18-12;1-3-7-5-9-8(13-11(7)15-17-19-13)4-6(2)10-12(9)18-16-14-10;11-5-1-3-4(10-7(5)13-15-18-10)2-6(12)8-9(3)17-16-14-8;11-5-1-3-4(8-9(5)17-16-14-8)2-6(12)10-7(3)13-15-18-10;;;;;;;;;/h9H2,1-8H3;2*4-5H,3H2,1-2H3;2*1-2H;6*1H3;1H2;;. The van der Waals surface area contributed by atoms with Crippen LogP contribution in [0.1, 0.15) is 91.5 Å². The van der Waals surface area contributed by atoms with Crippen molar-refractivity contribution in [2.45, 2.75) is 157 Å². The van der Waals surface area contributed by atoms with E-state index in [1.807, 2.05) is 0 Å². The molecule has 2 aliphatic rings. The van der Waals surface area contributed by atoms with E-state index < -0.39 is 36.8 Å². The van der Waals surface area contributed by atoms with Gasteiger partial charge in [-0.1, -0.05) is 49.8 Å². The normalized spacial score (nSPS) is 15.6. The van der Waals surface area contributed by atoms with Gasteiger partial charge in [-0.05, 0) is 309 Å². The predicted molar refractivity (Wildman–Crippen MR) is 451 cm³/mol. The van der Waals surface area contributed by atoms with E-state index in [-0.39, 0.29) is 36.6 Å². The van der Waals surface area contributed by atoms with E-state index in [2.05, 4.69) is 302 Å². The summed E-state index contributed by atoms with van der Waals surface area (Å²) in [7, 11) is -0.556. The van der Waals surface area contributed by atoms with Crippen molar-refractivity contribution in [3.8, 4) is 0 Å². The third-order valence-corrected chi connectivity index (χ3v) is 74.4. The fourth-order valence-electron chi connectivity index (χ4n) is 12.9. The van der Waals surface area contributed by atoms with E-state index in [0.717, 1.165) is 136 Å². The Morgan fingerprint density at radius 2 is 0.608 bits per heavy atom. The molecule has 18 rings (SSSR count). The Balaban J connectivity index is 0.000000111. The number of rotatable bonds is 6. The Morgan fingerprint density at radius 1 is 0.324 bits per heavy atom. The summed E-state index contributed by atoms with van der Waals surface area (Å²) in [5.74, 6) is 0. The Bertz CT molecular complexity index is 5340. The third kappa shape index (κ3) is 15.3. The van der Waals surface area contributed by atoms with Crippen molar-refractivity contribution in [2.75, 3.05) is 0 Å². The van der Waals surface area contributed by atoms with Crippen LogP contribution >= 0.6 is 156 Å². The SMILES string of the molecule is Brc1cc2c(cc(Br)c3nnsc32)c2snnc12.Brc1cc2c(cc(Br)c3snnc32)c2nnsc12.CC1(C)OB(CB2OC(C)(C)C(C)(C)O2)OC1(C)C.CCc1cc2c(cc(C)c3nnsc32)c2snnc12.CCc1cc2c(cc(C)c3snnc32)c2nnsc12.[CH3][Sn]([CH3])([CH3])[CH2][Sn]([CH3])([CH3])[CH3]. The molecule has 0 saturated carbocycles. The molecule has 16 aromatic rings. The van der Waals surface area contributed by atoms with Gasteiger partial charge < -0.3 is 18.6 Å². The summed E-state index contributed by atoms with van der Waals surface area (Å²) >= 11 is 22.9. The van der Waals surface area contributed by atoms with Crippen molar-refractivity contribution in [1.82, 2.24) is 76.7 Å². The van der Waals surface area contributed by atoms with Crippen molar-refractivity contribution < 1.29 is 18.6 Å². The molecule has 0 aliphatic carbocycles. The quantitative estimate of drug-likeness (QED) is 0.140. The molecule has 0 atom stereocenters. The number of fused-ring (bicyclic) bond motifs is 20.